The fourth-order valence-corrected chi connectivity index (χ4v) is 3.90. The van der Waals surface area contributed by atoms with E-state index in [1.807, 2.05) is 11.9 Å². The summed E-state index contributed by atoms with van der Waals surface area (Å²) in [7, 11) is 6.24. The Morgan fingerprint density at radius 3 is 2.26 bits per heavy atom. The second kappa shape index (κ2) is 11.3. The number of aryl methyl sites for hydroxylation is 1. The van der Waals surface area contributed by atoms with Crippen LogP contribution >= 0.6 is 0 Å². The van der Waals surface area contributed by atoms with E-state index in [0.717, 1.165) is 11.8 Å². The largest absolute Gasteiger partial charge is 0.480 e. The van der Waals surface area contributed by atoms with Gasteiger partial charge in [-0.2, -0.15) is 13.2 Å². The molecule has 3 aromatic heterocycles. The normalized spacial score (nSPS) is 11.6. The van der Waals surface area contributed by atoms with E-state index in [0.29, 0.717) is 35.3 Å². The lowest BCUT2D eigenvalue weighted by atomic mass is 10.1. The lowest BCUT2D eigenvalue weighted by Gasteiger charge is -2.21. The molecule has 39 heavy (non-hydrogen) atoms. The monoisotopic (exact) mass is 539 g/mol. The van der Waals surface area contributed by atoms with Gasteiger partial charge in [0.15, 0.2) is 11.5 Å². The number of alkyl halides is 3. The number of allylic oxidation sites excluding steroid dienone is 1. The van der Waals surface area contributed by atoms with Gasteiger partial charge in [-0.05, 0) is 17.7 Å². The number of methoxy groups -OCH3 is 2. The van der Waals surface area contributed by atoms with Crippen molar-refractivity contribution in [1.82, 2.24) is 29.5 Å². The highest BCUT2D eigenvalue weighted by Crippen LogP contribution is 2.35. The van der Waals surface area contributed by atoms with Crippen molar-refractivity contribution in [3.8, 4) is 34.5 Å². The number of halogens is 3. The highest BCUT2D eigenvalue weighted by atomic mass is 19.4. The zero-order valence-electron chi connectivity index (χ0n) is 21.5. The number of imidazole rings is 1. The molecule has 0 atom stereocenters. The molecule has 0 aliphatic rings. The molecule has 0 N–H and O–H groups in total. The van der Waals surface area contributed by atoms with Gasteiger partial charge in [0.25, 0.3) is 0 Å². The van der Waals surface area contributed by atoms with Gasteiger partial charge in [-0.15, -0.1) is 0 Å². The van der Waals surface area contributed by atoms with Crippen LogP contribution in [-0.4, -0.2) is 57.0 Å². The molecular formula is C26H24F3N7O3. The second-order valence-electron chi connectivity index (χ2n) is 8.35. The zero-order valence-corrected chi connectivity index (χ0v) is 21.5. The van der Waals surface area contributed by atoms with Gasteiger partial charge < -0.3 is 18.9 Å². The van der Waals surface area contributed by atoms with Crippen molar-refractivity contribution in [3.05, 3.63) is 65.9 Å². The van der Waals surface area contributed by atoms with E-state index < -0.39 is 11.9 Å². The molecule has 1 aromatic carbocycles. The van der Waals surface area contributed by atoms with Crippen molar-refractivity contribution < 1.29 is 27.4 Å². The first-order chi connectivity index (χ1) is 18.7. The Labute approximate surface area is 221 Å². The smallest absolute Gasteiger partial charge is 0.434 e. The standard InChI is InChI=1S/C26H24F3N7O3/c1-35(13-16-7-9-17(10-8-16)22-33-19(14-36(22)2)26(27,28)29)23-18(6-5-11-37)12-30-21(34-23)20-24(38-3)31-15-32-25(20)39-4/h5-12,14-15H,13H2,1-4H3/b6-5-. The summed E-state index contributed by atoms with van der Waals surface area (Å²) in [6.07, 6.45) is 2.86. The van der Waals surface area contributed by atoms with Crippen LogP contribution in [0.4, 0.5) is 19.0 Å². The molecule has 0 saturated heterocycles. The second-order valence-corrected chi connectivity index (χ2v) is 8.35. The molecule has 13 heteroatoms. The SMILES string of the molecule is COc1ncnc(OC)c1-c1ncc(/C=C\C=O)c(N(C)Cc2ccc(-c3nc(C(F)(F)F)cn3C)cc2)n1. The number of hydrogen-bond donors (Lipinski definition) is 0. The lowest BCUT2D eigenvalue weighted by Crippen LogP contribution is -2.19. The van der Waals surface area contributed by atoms with E-state index in [1.54, 1.807) is 36.5 Å². The molecule has 4 rings (SSSR count). The Bertz CT molecular complexity index is 1480. The molecular weight excluding hydrogens is 515 g/mol. The molecule has 4 aromatic rings. The fourth-order valence-electron chi connectivity index (χ4n) is 3.90. The Balaban J connectivity index is 1.66. The van der Waals surface area contributed by atoms with Gasteiger partial charge in [0.1, 0.15) is 29.8 Å². The van der Waals surface area contributed by atoms with Crippen LogP contribution in [0.3, 0.4) is 0 Å². The Hall–Kier alpha value is -4.81. The molecule has 0 unspecified atom stereocenters. The molecule has 0 bridgehead atoms. The van der Waals surface area contributed by atoms with Gasteiger partial charge in [-0.1, -0.05) is 24.3 Å². The van der Waals surface area contributed by atoms with Crippen LogP contribution in [0.25, 0.3) is 28.9 Å². The molecule has 0 spiro atoms. The van der Waals surface area contributed by atoms with E-state index >= 15 is 0 Å². The maximum atomic E-state index is 13.1. The van der Waals surface area contributed by atoms with Crippen LogP contribution in [0, 0.1) is 0 Å². The van der Waals surface area contributed by atoms with Gasteiger partial charge in [0, 0.05) is 44.2 Å². The van der Waals surface area contributed by atoms with Crippen LogP contribution in [-0.2, 0) is 24.6 Å². The number of nitrogens with zero attached hydrogens (tertiary/aromatic N) is 7. The summed E-state index contributed by atoms with van der Waals surface area (Å²) in [4.78, 5) is 33.9. The predicted molar refractivity (Wildman–Crippen MR) is 137 cm³/mol. The number of hydrogen-bond acceptors (Lipinski definition) is 9. The lowest BCUT2D eigenvalue weighted by molar-refractivity contribution is -0.140. The van der Waals surface area contributed by atoms with Gasteiger partial charge >= 0.3 is 6.18 Å². The number of anilines is 1. The molecule has 0 amide bonds. The van der Waals surface area contributed by atoms with Gasteiger partial charge in [0.05, 0.1) is 14.2 Å². The maximum Gasteiger partial charge on any atom is 0.434 e. The van der Waals surface area contributed by atoms with Crippen LogP contribution in [0.5, 0.6) is 11.8 Å². The quantitative estimate of drug-likeness (QED) is 0.228. The van der Waals surface area contributed by atoms with Crippen LogP contribution in [0.1, 0.15) is 16.8 Å². The average molecular weight is 540 g/mol. The van der Waals surface area contributed by atoms with Gasteiger partial charge in [-0.25, -0.2) is 24.9 Å². The summed E-state index contributed by atoms with van der Waals surface area (Å²) >= 11 is 0. The molecule has 0 fully saturated rings. The third kappa shape index (κ3) is 5.87. The molecule has 0 saturated carbocycles. The number of aldehydes is 1. The molecule has 3 heterocycles. The molecule has 0 aliphatic heterocycles. The summed E-state index contributed by atoms with van der Waals surface area (Å²) in [5.74, 6) is 1.40. The summed E-state index contributed by atoms with van der Waals surface area (Å²) < 4.78 is 51.2. The van der Waals surface area contributed by atoms with Crippen LogP contribution in [0.15, 0.2) is 49.1 Å². The first kappa shape index (κ1) is 27.2. The van der Waals surface area contributed by atoms with Crippen LogP contribution < -0.4 is 14.4 Å². The Morgan fingerprint density at radius 2 is 1.69 bits per heavy atom. The van der Waals surface area contributed by atoms with E-state index in [9.17, 15) is 18.0 Å². The molecule has 0 radical (unpaired) electrons. The first-order valence-electron chi connectivity index (χ1n) is 11.5. The minimum absolute atomic E-state index is 0.205. The van der Waals surface area contributed by atoms with Crippen LogP contribution in [0.2, 0.25) is 0 Å². The number of carbonyl (C=O) groups excluding carboxylic acids is 1. The first-order valence-corrected chi connectivity index (χ1v) is 11.5. The van der Waals surface area contributed by atoms with Crippen molar-refractivity contribution in [2.75, 3.05) is 26.2 Å². The summed E-state index contributed by atoms with van der Waals surface area (Å²) in [5.41, 5.74) is 1.39. The number of rotatable bonds is 9. The zero-order chi connectivity index (χ0) is 28.2. The van der Waals surface area contributed by atoms with E-state index in [2.05, 4.69) is 19.9 Å². The van der Waals surface area contributed by atoms with E-state index in [4.69, 9.17) is 14.5 Å². The van der Waals surface area contributed by atoms with E-state index in [1.165, 1.54) is 38.2 Å². The molecule has 202 valence electrons. The van der Waals surface area contributed by atoms with Gasteiger partial charge in [0.2, 0.25) is 11.8 Å². The number of ether oxygens (including phenoxy) is 2. The topological polar surface area (TPSA) is 108 Å². The Morgan fingerprint density at radius 1 is 1.03 bits per heavy atom. The minimum Gasteiger partial charge on any atom is -0.480 e. The summed E-state index contributed by atoms with van der Waals surface area (Å²) in [5, 5.41) is 0. The van der Waals surface area contributed by atoms with Crippen molar-refractivity contribution in [1.29, 1.82) is 0 Å². The molecule has 0 aliphatic carbocycles. The number of benzene rings is 1. The fraction of sp³-hybridized carbons (Fsp3) is 0.231. The van der Waals surface area contributed by atoms with Crippen molar-refractivity contribution in [3.63, 3.8) is 0 Å². The third-order valence-electron chi connectivity index (χ3n) is 5.70. The molecule has 10 nitrogen and oxygen atoms in total. The average Bonchev–Trinajstić information content (AvgIpc) is 3.33. The predicted octanol–water partition coefficient (Wildman–Crippen LogP) is 4.22. The summed E-state index contributed by atoms with van der Waals surface area (Å²) in [6.45, 7) is 0.382. The van der Waals surface area contributed by atoms with E-state index in [-0.39, 0.29) is 23.4 Å². The third-order valence-corrected chi connectivity index (χ3v) is 5.70. The van der Waals surface area contributed by atoms with Crippen molar-refractivity contribution in [2.24, 2.45) is 7.05 Å². The Kier molecular flexibility index (Phi) is 7.88. The minimum atomic E-state index is -4.52. The highest BCUT2D eigenvalue weighted by molar-refractivity contribution is 5.78. The number of aromatic nitrogens is 6. The highest BCUT2D eigenvalue weighted by Gasteiger charge is 2.34. The van der Waals surface area contributed by atoms with Gasteiger partial charge in [-0.3, -0.25) is 4.79 Å². The van der Waals surface area contributed by atoms with Crippen molar-refractivity contribution >= 4 is 18.2 Å². The summed E-state index contributed by atoms with van der Waals surface area (Å²) in [6, 6.07) is 7.02. The maximum absolute atomic E-state index is 13.1. The number of carbonyl (C=O) groups is 1. The van der Waals surface area contributed by atoms with Crippen molar-refractivity contribution in [2.45, 2.75) is 12.7 Å².